The Kier molecular flexibility index (Phi) is 3.24. The van der Waals surface area contributed by atoms with Crippen LogP contribution in [0.4, 0.5) is 0 Å². The number of nitrogens with two attached hydrogens (primary N) is 1. The van der Waals surface area contributed by atoms with E-state index in [4.69, 9.17) is 15.5 Å². The molecular formula is C14H20N4O. The number of imidazole rings is 1. The van der Waals surface area contributed by atoms with Gasteiger partial charge in [0.1, 0.15) is 11.3 Å². The molecular weight excluding hydrogens is 240 g/mol. The van der Waals surface area contributed by atoms with Crippen molar-refractivity contribution < 1.29 is 4.74 Å². The number of rotatable bonds is 3. The largest absolute Gasteiger partial charge is 0.381 e. The van der Waals surface area contributed by atoms with Crippen LogP contribution in [-0.4, -0.2) is 34.3 Å². The predicted octanol–water partition coefficient (Wildman–Crippen LogP) is 1.46. The minimum Gasteiger partial charge on any atom is -0.381 e. The van der Waals surface area contributed by atoms with Crippen molar-refractivity contribution in [1.29, 1.82) is 0 Å². The van der Waals surface area contributed by atoms with Gasteiger partial charge < -0.3 is 15.0 Å². The standard InChI is InChI=1S/C14H20N4O/c1-2-18-12-3-6-16-9-11(12)17-13(18)14(10-15)4-7-19-8-5-14/h3,6,9H,2,4-5,7-8,10,15H2,1H3. The van der Waals surface area contributed by atoms with Crippen LogP contribution in [0.3, 0.4) is 0 Å². The number of ether oxygens (including phenoxy) is 1. The van der Waals surface area contributed by atoms with E-state index in [2.05, 4.69) is 16.5 Å². The minimum absolute atomic E-state index is 0.0483. The number of hydrogen-bond acceptors (Lipinski definition) is 4. The van der Waals surface area contributed by atoms with Crippen molar-refractivity contribution in [3.63, 3.8) is 0 Å². The Morgan fingerprint density at radius 1 is 1.42 bits per heavy atom. The fourth-order valence-corrected chi connectivity index (χ4v) is 2.99. The normalized spacial score (nSPS) is 18.8. The van der Waals surface area contributed by atoms with Gasteiger partial charge in [-0.25, -0.2) is 4.98 Å². The van der Waals surface area contributed by atoms with E-state index >= 15 is 0 Å². The Bertz CT molecular complexity index is 572. The van der Waals surface area contributed by atoms with E-state index in [1.165, 1.54) is 0 Å². The zero-order valence-electron chi connectivity index (χ0n) is 11.3. The number of aromatic nitrogens is 3. The smallest absolute Gasteiger partial charge is 0.117 e. The molecule has 5 nitrogen and oxygen atoms in total. The molecule has 0 amide bonds. The molecule has 2 N–H and O–H groups in total. The summed E-state index contributed by atoms with van der Waals surface area (Å²) in [5, 5.41) is 0. The molecule has 1 saturated heterocycles. The van der Waals surface area contributed by atoms with Crippen molar-refractivity contribution in [2.45, 2.75) is 31.7 Å². The molecule has 1 aliphatic rings. The SMILES string of the molecule is CCn1c(C2(CN)CCOCC2)nc2cnccc21. The van der Waals surface area contributed by atoms with Crippen LogP contribution in [0.1, 0.15) is 25.6 Å². The van der Waals surface area contributed by atoms with Crippen LogP contribution < -0.4 is 5.73 Å². The van der Waals surface area contributed by atoms with Gasteiger partial charge in [-0.3, -0.25) is 4.98 Å². The lowest BCUT2D eigenvalue weighted by molar-refractivity contribution is 0.0489. The highest BCUT2D eigenvalue weighted by Crippen LogP contribution is 2.34. The van der Waals surface area contributed by atoms with E-state index in [0.717, 1.165) is 49.5 Å². The topological polar surface area (TPSA) is 66.0 Å². The maximum Gasteiger partial charge on any atom is 0.117 e. The van der Waals surface area contributed by atoms with Gasteiger partial charge in [0.05, 0.1) is 11.7 Å². The molecule has 5 heteroatoms. The summed E-state index contributed by atoms with van der Waals surface area (Å²) >= 11 is 0. The van der Waals surface area contributed by atoms with Gasteiger partial charge in [0.2, 0.25) is 0 Å². The molecule has 0 bridgehead atoms. The first-order valence-electron chi connectivity index (χ1n) is 6.89. The zero-order chi connectivity index (χ0) is 13.3. The summed E-state index contributed by atoms with van der Waals surface area (Å²) in [5.41, 5.74) is 8.15. The fraction of sp³-hybridized carbons (Fsp3) is 0.571. The Morgan fingerprint density at radius 2 is 2.21 bits per heavy atom. The van der Waals surface area contributed by atoms with Gasteiger partial charge in [-0.2, -0.15) is 0 Å². The summed E-state index contributed by atoms with van der Waals surface area (Å²) in [4.78, 5) is 8.98. The second kappa shape index (κ2) is 4.90. The second-order valence-electron chi connectivity index (χ2n) is 5.14. The van der Waals surface area contributed by atoms with Crippen LogP contribution in [0.15, 0.2) is 18.5 Å². The summed E-state index contributed by atoms with van der Waals surface area (Å²) in [5.74, 6) is 1.10. The molecule has 0 saturated carbocycles. The molecule has 0 aliphatic carbocycles. The van der Waals surface area contributed by atoms with Crippen LogP contribution in [0.2, 0.25) is 0 Å². The van der Waals surface area contributed by atoms with Gasteiger partial charge in [-0.1, -0.05) is 0 Å². The van der Waals surface area contributed by atoms with Crippen LogP contribution in [0.25, 0.3) is 11.0 Å². The molecule has 0 unspecified atom stereocenters. The van der Waals surface area contributed by atoms with Gasteiger partial charge in [-0.15, -0.1) is 0 Å². The number of hydrogen-bond donors (Lipinski definition) is 1. The first kappa shape index (κ1) is 12.6. The lowest BCUT2D eigenvalue weighted by Crippen LogP contribution is -2.42. The second-order valence-corrected chi connectivity index (χ2v) is 5.14. The van der Waals surface area contributed by atoms with Gasteiger partial charge in [0.25, 0.3) is 0 Å². The molecule has 3 rings (SSSR count). The van der Waals surface area contributed by atoms with Crippen LogP contribution >= 0.6 is 0 Å². The quantitative estimate of drug-likeness (QED) is 0.907. The van der Waals surface area contributed by atoms with Crippen molar-refractivity contribution in [3.05, 3.63) is 24.3 Å². The van der Waals surface area contributed by atoms with Crippen molar-refractivity contribution >= 4 is 11.0 Å². The summed E-state index contributed by atoms with van der Waals surface area (Å²) < 4.78 is 7.76. The molecule has 0 atom stereocenters. The van der Waals surface area contributed by atoms with Gasteiger partial charge in [0, 0.05) is 37.9 Å². The Hall–Kier alpha value is -1.46. The third-order valence-electron chi connectivity index (χ3n) is 4.18. The van der Waals surface area contributed by atoms with E-state index in [1.54, 1.807) is 0 Å². The molecule has 102 valence electrons. The summed E-state index contributed by atoms with van der Waals surface area (Å²) in [7, 11) is 0. The van der Waals surface area contributed by atoms with Crippen LogP contribution in [0.5, 0.6) is 0 Å². The van der Waals surface area contributed by atoms with E-state index in [9.17, 15) is 0 Å². The van der Waals surface area contributed by atoms with Crippen molar-refractivity contribution in [2.24, 2.45) is 5.73 Å². The molecule has 0 aromatic carbocycles. The van der Waals surface area contributed by atoms with Gasteiger partial charge >= 0.3 is 0 Å². The maximum absolute atomic E-state index is 6.09. The summed E-state index contributed by atoms with van der Waals surface area (Å²) in [6, 6.07) is 2.03. The Balaban J connectivity index is 2.17. The summed E-state index contributed by atoms with van der Waals surface area (Å²) in [6.45, 7) is 5.20. The van der Waals surface area contributed by atoms with E-state index in [0.29, 0.717) is 6.54 Å². The lowest BCUT2D eigenvalue weighted by Gasteiger charge is -2.35. The van der Waals surface area contributed by atoms with Gasteiger partial charge in [-0.05, 0) is 25.8 Å². The molecule has 3 heterocycles. The molecule has 0 spiro atoms. The molecule has 19 heavy (non-hydrogen) atoms. The number of fused-ring (bicyclic) bond motifs is 1. The molecule has 1 fully saturated rings. The third-order valence-corrected chi connectivity index (χ3v) is 4.18. The molecule has 1 aliphatic heterocycles. The molecule has 0 radical (unpaired) electrons. The average Bonchev–Trinajstić information content (AvgIpc) is 2.87. The maximum atomic E-state index is 6.09. The number of nitrogens with zero attached hydrogens (tertiary/aromatic N) is 3. The molecule has 2 aromatic rings. The fourth-order valence-electron chi connectivity index (χ4n) is 2.99. The van der Waals surface area contributed by atoms with E-state index in [1.807, 2.05) is 18.5 Å². The van der Waals surface area contributed by atoms with Crippen LogP contribution in [-0.2, 0) is 16.7 Å². The average molecular weight is 260 g/mol. The van der Waals surface area contributed by atoms with Crippen LogP contribution in [0, 0.1) is 0 Å². The first-order chi connectivity index (χ1) is 9.30. The number of aryl methyl sites for hydroxylation is 1. The van der Waals surface area contributed by atoms with E-state index in [-0.39, 0.29) is 5.41 Å². The molecule has 2 aromatic heterocycles. The predicted molar refractivity (Wildman–Crippen MR) is 74.0 cm³/mol. The highest BCUT2D eigenvalue weighted by Gasteiger charge is 2.37. The lowest BCUT2D eigenvalue weighted by atomic mass is 9.79. The van der Waals surface area contributed by atoms with E-state index < -0.39 is 0 Å². The monoisotopic (exact) mass is 260 g/mol. The summed E-state index contributed by atoms with van der Waals surface area (Å²) in [6.07, 6.45) is 5.54. The number of pyridine rings is 1. The Morgan fingerprint density at radius 3 is 2.89 bits per heavy atom. The first-order valence-corrected chi connectivity index (χ1v) is 6.89. The Labute approximate surface area is 112 Å². The van der Waals surface area contributed by atoms with Crippen molar-refractivity contribution in [3.8, 4) is 0 Å². The highest BCUT2D eigenvalue weighted by atomic mass is 16.5. The minimum atomic E-state index is -0.0483. The van der Waals surface area contributed by atoms with Crippen molar-refractivity contribution in [2.75, 3.05) is 19.8 Å². The van der Waals surface area contributed by atoms with Crippen molar-refractivity contribution in [1.82, 2.24) is 14.5 Å². The zero-order valence-corrected chi connectivity index (χ0v) is 11.3. The highest BCUT2D eigenvalue weighted by molar-refractivity contribution is 5.75. The third kappa shape index (κ3) is 1.93. The van der Waals surface area contributed by atoms with Gasteiger partial charge in [0.15, 0.2) is 0 Å².